The fraction of sp³-hybridized carbons (Fsp3) is 0.650. The van der Waals surface area contributed by atoms with Gasteiger partial charge in [-0.3, -0.25) is 4.79 Å². The molecule has 124 valence electrons. The van der Waals surface area contributed by atoms with E-state index in [1.807, 2.05) is 12.1 Å². The van der Waals surface area contributed by atoms with Crippen LogP contribution in [0.3, 0.4) is 0 Å². The molecule has 1 aromatic rings. The molecule has 2 bridgehead atoms. The van der Waals surface area contributed by atoms with Crippen molar-refractivity contribution in [3.63, 3.8) is 0 Å². The third kappa shape index (κ3) is 3.24. The summed E-state index contributed by atoms with van der Waals surface area (Å²) in [6, 6.07) is 8.63. The third-order valence-electron chi connectivity index (χ3n) is 6.14. The van der Waals surface area contributed by atoms with Crippen molar-refractivity contribution in [2.75, 3.05) is 7.11 Å². The van der Waals surface area contributed by atoms with Gasteiger partial charge in [-0.15, -0.1) is 0 Å². The van der Waals surface area contributed by atoms with E-state index in [1.54, 1.807) is 7.11 Å². The lowest BCUT2D eigenvalue weighted by molar-refractivity contribution is -0.133. The Labute approximate surface area is 139 Å². The number of hydrogen-bond acceptors (Lipinski definition) is 2. The van der Waals surface area contributed by atoms with Crippen molar-refractivity contribution >= 4 is 5.91 Å². The maximum atomic E-state index is 12.9. The molecule has 3 aliphatic carbocycles. The number of fused-ring (bicyclic) bond motifs is 2. The standard InChI is InChI=1S/C20H27NO2/c1-23-19-8-3-14(4-9-19)13-21(18-6-7-18)20(22)12-17-11-15-2-5-16(17)10-15/h3-4,8-9,15-18H,2,5-7,10-13H2,1H3. The molecule has 3 atom stereocenters. The fourth-order valence-electron chi connectivity index (χ4n) is 4.70. The highest BCUT2D eigenvalue weighted by Gasteiger charge is 2.42. The molecule has 0 saturated heterocycles. The fourth-order valence-corrected chi connectivity index (χ4v) is 4.70. The minimum atomic E-state index is 0.390. The molecule has 0 spiro atoms. The number of carbonyl (C=O) groups is 1. The second kappa shape index (κ2) is 6.18. The van der Waals surface area contributed by atoms with E-state index in [-0.39, 0.29) is 0 Å². The Bertz CT molecular complexity index is 564. The molecule has 3 heteroatoms. The van der Waals surface area contributed by atoms with Crippen LogP contribution in [0.25, 0.3) is 0 Å². The van der Waals surface area contributed by atoms with Gasteiger partial charge in [-0.2, -0.15) is 0 Å². The van der Waals surface area contributed by atoms with Crippen molar-refractivity contribution in [3.8, 4) is 5.75 Å². The highest BCUT2D eigenvalue weighted by Crippen LogP contribution is 2.49. The van der Waals surface area contributed by atoms with E-state index in [0.717, 1.165) is 30.6 Å². The van der Waals surface area contributed by atoms with Crippen molar-refractivity contribution in [1.82, 2.24) is 4.90 Å². The zero-order valence-electron chi connectivity index (χ0n) is 14.0. The summed E-state index contributed by atoms with van der Waals surface area (Å²) in [5, 5.41) is 0. The average molecular weight is 313 g/mol. The first-order valence-electron chi connectivity index (χ1n) is 9.15. The van der Waals surface area contributed by atoms with Gasteiger partial charge in [0.25, 0.3) is 0 Å². The van der Waals surface area contributed by atoms with E-state index in [0.29, 0.717) is 17.9 Å². The smallest absolute Gasteiger partial charge is 0.223 e. The van der Waals surface area contributed by atoms with Crippen molar-refractivity contribution in [1.29, 1.82) is 0 Å². The van der Waals surface area contributed by atoms with Crippen LogP contribution >= 0.6 is 0 Å². The average Bonchev–Trinajstić information content (AvgIpc) is 3.20. The van der Waals surface area contributed by atoms with Crippen LogP contribution < -0.4 is 4.74 Å². The molecule has 3 unspecified atom stereocenters. The topological polar surface area (TPSA) is 29.5 Å². The number of hydrogen-bond donors (Lipinski definition) is 0. The summed E-state index contributed by atoms with van der Waals surface area (Å²) in [4.78, 5) is 15.0. The zero-order valence-corrected chi connectivity index (χ0v) is 14.0. The quantitative estimate of drug-likeness (QED) is 0.794. The lowest BCUT2D eigenvalue weighted by Gasteiger charge is -2.27. The Kier molecular flexibility index (Phi) is 4.04. The van der Waals surface area contributed by atoms with Gasteiger partial charge in [-0.25, -0.2) is 0 Å². The Morgan fingerprint density at radius 3 is 2.48 bits per heavy atom. The first kappa shape index (κ1) is 15.0. The van der Waals surface area contributed by atoms with E-state index in [1.165, 1.54) is 44.1 Å². The Hall–Kier alpha value is -1.51. The number of nitrogens with zero attached hydrogens (tertiary/aromatic N) is 1. The van der Waals surface area contributed by atoms with Crippen LogP contribution in [-0.4, -0.2) is 24.0 Å². The first-order valence-corrected chi connectivity index (χ1v) is 9.15. The van der Waals surface area contributed by atoms with Gasteiger partial charge in [0, 0.05) is 19.0 Å². The van der Waals surface area contributed by atoms with E-state index < -0.39 is 0 Å². The second-order valence-corrected chi connectivity index (χ2v) is 7.74. The molecule has 3 saturated carbocycles. The minimum Gasteiger partial charge on any atom is -0.497 e. The number of ether oxygens (including phenoxy) is 1. The Morgan fingerprint density at radius 2 is 1.91 bits per heavy atom. The van der Waals surface area contributed by atoms with Gasteiger partial charge in [0.2, 0.25) is 5.91 Å². The lowest BCUT2D eigenvalue weighted by Crippen LogP contribution is -2.34. The summed E-state index contributed by atoms with van der Waals surface area (Å²) in [5.41, 5.74) is 1.21. The number of carbonyl (C=O) groups excluding carboxylic acids is 1. The molecule has 0 aromatic heterocycles. The Balaban J connectivity index is 1.39. The monoisotopic (exact) mass is 313 g/mol. The number of benzene rings is 1. The first-order chi connectivity index (χ1) is 11.2. The minimum absolute atomic E-state index is 0.390. The van der Waals surface area contributed by atoms with Crippen LogP contribution in [0, 0.1) is 17.8 Å². The van der Waals surface area contributed by atoms with Gasteiger partial charge in [0.15, 0.2) is 0 Å². The van der Waals surface area contributed by atoms with Crippen molar-refractivity contribution < 1.29 is 9.53 Å². The SMILES string of the molecule is COc1ccc(CN(C(=O)CC2CC3CCC2C3)C2CC2)cc1. The van der Waals surface area contributed by atoms with Crippen molar-refractivity contribution in [2.45, 2.75) is 57.5 Å². The third-order valence-corrected chi connectivity index (χ3v) is 6.14. The number of rotatable bonds is 6. The molecule has 4 rings (SSSR count). The molecule has 0 aliphatic heterocycles. The maximum Gasteiger partial charge on any atom is 0.223 e. The van der Waals surface area contributed by atoms with E-state index in [2.05, 4.69) is 17.0 Å². The van der Waals surface area contributed by atoms with Gasteiger partial charge >= 0.3 is 0 Å². The molecule has 1 aromatic carbocycles. The predicted molar refractivity (Wildman–Crippen MR) is 90.1 cm³/mol. The van der Waals surface area contributed by atoms with E-state index in [9.17, 15) is 4.79 Å². The molecular weight excluding hydrogens is 286 g/mol. The van der Waals surface area contributed by atoms with Crippen LogP contribution in [0.2, 0.25) is 0 Å². The highest BCUT2D eigenvalue weighted by atomic mass is 16.5. The summed E-state index contributed by atoms with van der Waals surface area (Å²) in [5.74, 6) is 3.69. The van der Waals surface area contributed by atoms with Gasteiger partial charge in [0.1, 0.15) is 5.75 Å². The van der Waals surface area contributed by atoms with Crippen LogP contribution in [0.5, 0.6) is 5.75 Å². The molecule has 0 N–H and O–H groups in total. The number of methoxy groups -OCH3 is 1. The molecule has 3 aliphatic rings. The highest BCUT2D eigenvalue weighted by molar-refractivity contribution is 5.77. The summed E-state index contributed by atoms with van der Waals surface area (Å²) in [6.07, 6.45) is 8.61. The molecule has 3 fully saturated rings. The largest absolute Gasteiger partial charge is 0.497 e. The molecular formula is C20H27NO2. The summed E-state index contributed by atoms with van der Waals surface area (Å²) < 4.78 is 5.22. The molecule has 1 amide bonds. The van der Waals surface area contributed by atoms with Gasteiger partial charge in [0.05, 0.1) is 7.11 Å². The van der Waals surface area contributed by atoms with Crippen LogP contribution in [-0.2, 0) is 11.3 Å². The van der Waals surface area contributed by atoms with E-state index in [4.69, 9.17) is 4.74 Å². The van der Waals surface area contributed by atoms with Crippen LogP contribution in [0.4, 0.5) is 0 Å². The molecule has 23 heavy (non-hydrogen) atoms. The van der Waals surface area contributed by atoms with Gasteiger partial charge < -0.3 is 9.64 Å². The summed E-state index contributed by atoms with van der Waals surface area (Å²) in [7, 11) is 1.68. The summed E-state index contributed by atoms with van der Waals surface area (Å²) in [6.45, 7) is 0.758. The Morgan fingerprint density at radius 1 is 1.13 bits per heavy atom. The van der Waals surface area contributed by atoms with Crippen LogP contribution in [0.15, 0.2) is 24.3 Å². The molecule has 0 heterocycles. The maximum absolute atomic E-state index is 12.9. The zero-order chi connectivity index (χ0) is 15.8. The summed E-state index contributed by atoms with van der Waals surface area (Å²) >= 11 is 0. The predicted octanol–water partition coefficient (Wildman–Crippen LogP) is 4.01. The van der Waals surface area contributed by atoms with Gasteiger partial charge in [-0.1, -0.05) is 18.6 Å². The molecule has 0 radical (unpaired) electrons. The van der Waals surface area contributed by atoms with Crippen LogP contribution in [0.1, 0.15) is 50.5 Å². The second-order valence-electron chi connectivity index (χ2n) is 7.74. The molecule has 3 nitrogen and oxygen atoms in total. The van der Waals surface area contributed by atoms with Gasteiger partial charge in [-0.05, 0) is 67.6 Å². The van der Waals surface area contributed by atoms with Crippen molar-refractivity contribution in [2.24, 2.45) is 17.8 Å². The van der Waals surface area contributed by atoms with Crippen molar-refractivity contribution in [3.05, 3.63) is 29.8 Å². The lowest BCUT2D eigenvalue weighted by atomic mass is 9.86. The number of amides is 1. The normalized spacial score (nSPS) is 28.8. The van der Waals surface area contributed by atoms with E-state index >= 15 is 0 Å².